The van der Waals surface area contributed by atoms with Gasteiger partial charge < -0.3 is 9.84 Å². The Morgan fingerprint density at radius 1 is 1.36 bits per heavy atom. The fraction of sp³-hybridized carbons (Fsp3) is 0.526. The van der Waals surface area contributed by atoms with Crippen molar-refractivity contribution >= 4 is 5.91 Å². The molecule has 1 amide bonds. The smallest absolute Gasteiger partial charge is 0.221 e. The van der Waals surface area contributed by atoms with Crippen LogP contribution in [-0.4, -0.2) is 39.6 Å². The molecule has 4 heterocycles. The van der Waals surface area contributed by atoms with E-state index in [-0.39, 0.29) is 17.4 Å². The Kier molecular flexibility index (Phi) is 4.07. The number of pyridine rings is 1. The van der Waals surface area contributed by atoms with Gasteiger partial charge in [0.2, 0.25) is 5.91 Å². The Morgan fingerprint density at radius 3 is 2.80 bits per heavy atom. The monoisotopic (exact) mass is 340 g/mol. The highest BCUT2D eigenvalue weighted by atomic mass is 16.5. The third-order valence-electron chi connectivity index (χ3n) is 5.84. The molecule has 2 saturated heterocycles. The summed E-state index contributed by atoms with van der Waals surface area (Å²) in [6.07, 6.45) is 6.18. The zero-order valence-corrected chi connectivity index (χ0v) is 14.8. The minimum absolute atomic E-state index is 0.130. The molecule has 0 bridgehead atoms. The molecule has 1 unspecified atom stereocenters. The summed E-state index contributed by atoms with van der Waals surface area (Å²) in [5.74, 6) is 1.28. The number of carbonyl (C=O) groups is 1. The van der Waals surface area contributed by atoms with Gasteiger partial charge in [0, 0.05) is 55.5 Å². The molecular formula is C19H24N4O2. The normalized spacial score (nSPS) is 23.1. The van der Waals surface area contributed by atoms with Crippen molar-refractivity contribution in [3.8, 4) is 0 Å². The predicted molar refractivity (Wildman–Crippen MR) is 93.0 cm³/mol. The Bertz CT molecular complexity index is 743. The van der Waals surface area contributed by atoms with Crippen LogP contribution in [0, 0.1) is 13.8 Å². The third kappa shape index (κ3) is 2.95. The van der Waals surface area contributed by atoms with Crippen molar-refractivity contribution in [2.24, 2.45) is 0 Å². The number of nitrogens with zero attached hydrogens (tertiary/aromatic N) is 3. The fourth-order valence-corrected chi connectivity index (χ4v) is 4.35. The zero-order valence-electron chi connectivity index (χ0n) is 14.8. The first-order chi connectivity index (χ1) is 12.1. The summed E-state index contributed by atoms with van der Waals surface area (Å²) in [5, 5.41) is 7.34. The average molecular weight is 340 g/mol. The van der Waals surface area contributed by atoms with Crippen molar-refractivity contribution < 1.29 is 9.32 Å². The SMILES string of the molecule is Cc1noc(C)c1CN1CCC2(CC1)NC(=O)CC2c1cccnc1. The highest BCUT2D eigenvalue weighted by Crippen LogP contribution is 2.43. The van der Waals surface area contributed by atoms with Crippen LogP contribution in [0.5, 0.6) is 0 Å². The standard InChI is InChI=1S/C19H24N4O2/c1-13-16(14(2)25-22-13)12-23-8-5-19(6-9-23)17(10-18(24)21-19)15-4-3-7-20-11-15/h3-4,7,11,17H,5-6,8-10,12H2,1-2H3,(H,21,24). The van der Waals surface area contributed by atoms with E-state index >= 15 is 0 Å². The fourth-order valence-electron chi connectivity index (χ4n) is 4.35. The molecule has 132 valence electrons. The van der Waals surface area contributed by atoms with Gasteiger partial charge in [0.1, 0.15) is 5.76 Å². The first kappa shape index (κ1) is 16.3. The van der Waals surface area contributed by atoms with Crippen LogP contribution in [-0.2, 0) is 11.3 Å². The number of aromatic nitrogens is 2. The average Bonchev–Trinajstić information content (AvgIpc) is 3.11. The largest absolute Gasteiger partial charge is 0.361 e. The minimum Gasteiger partial charge on any atom is -0.361 e. The maximum Gasteiger partial charge on any atom is 0.221 e. The lowest BCUT2D eigenvalue weighted by molar-refractivity contribution is -0.120. The Hall–Kier alpha value is -2.21. The molecule has 2 aromatic heterocycles. The van der Waals surface area contributed by atoms with Gasteiger partial charge in [-0.1, -0.05) is 11.2 Å². The second-order valence-electron chi connectivity index (χ2n) is 7.33. The number of rotatable bonds is 3. The first-order valence-electron chi connectivity index (χ1n) is 8.92. The highest BCUT2D eigenvalue weighted by Gasteiger charge is 2.48. The van der Waals surface area contributed by atoms with Crippen LogP contribution in [0.1, 0.15) is 47.8 Å². The number of likely N-dealkylation sites (tertiary alicyclic amines) is 1. The lowest BCUT2D eigenvalue weighted by atomic mass is 9.74. The highest BCUT2D eigenvalue weighted by molar-refractivity contribution is 5.81. The molecule has 2 aliphatic rings. The van der Waals surface area contributed by atoms with E-state index in [2.05, 4.69) is 26.4 Å². The molecule has 0 aromatic carbocycles. The summed E-state index contributed by atoms with van der Waals surface area (Å²) < 4.78 is 5.28. The quantitative estimate of drug-likeness (QED) is 0.928. The maximum absolute atomic E-state index is 12.2. The Labute approximate surface area is 147 Å². The van der Waals surface area contributed by atoms with Gasteiger partial charge in [-0.25, -0.2) is 0 Å². The van der Waals surface area contributed by atoms with Gasteiger partial charge in [0.15, 0.2) is 0 Å². The van der Waals surface area contributed by atoms with E-state index in [1.807, 2.05) is 26.1 Å². The summed E-state index contributed by atoms with van der Waals surface area (Å²) in [7, 11) is 0. The molecule has 4 rings (SSSR count). The van der Waals surface area contributed by atoms with E-state index in [1.54, 1.807) is 6.20 Å². The maximum atomic E-state index is 12.2. The number of hydrogen-bond donors (Lipinski definition) is 1. The van der Waals surface area contributed by atoms with E-state index in [4.69, 9.17) is 4.52 Å². The number of hydrogen-bond acceptors (Lipinski definition) is 5. The van der Waals surface area contributed by atoms with Crippen molar-refractivity contribution in [1.29, 1.82) is 0 Å². The summed E-state index contributed by atoms with van der Waals surface area (Å²) in [6.45, 7) is 6.74. The van der Waals surface area contributed by atoms with Gasteiger partial charge in [0.05, 0.1) is 5.69 Å². The first-order valence-corrected chi connectivity index (χ1v) is 8.92. The molecule has 6 nitrogen and oxygen atoms in total. The lowest BCUT2D eigenvalue weighted by Gasteiger charge is -2.43. The van der Waals surface area contributed by atoms with E-state index in [0.717, 1.165) is 43.9 Å². The van der Waals surface area contributed by atoms with Gasteiger partial charge in [-0.3, -0.25) is 14.7 Å². The van der Waals surface area contributed by atoms with Crippen molar-refractivity contribution in [1.82, 2.24) is 20.4 Å². The summed E-state index contributed by atoms with van der Waals surface area (Å²) >= 11 is 0. The lowest BCUT2D eigenvalue weighted by Crippen LogP contribution is -2.53. The summed E-state index contributed by atoms with van der Waals surface area (Å²) in [6, 6.07) is 4.05. The molecule has 1 spiro atoms. The Morgan fingerprint density at radius 2 is 2.16 bits per heavy atom. The zero-order chi connectivity index (χ0) is 17.4. The molecule has 2 aliphatic heterocycles. The van der Waals surface area contributed by atoms with Crippen LogP contribution in [0.3, 0.4) is 0 Å². The van der Waals surface area contributed by atoms with E-state index < -0.39 is 0 Å². The van der Waals surface area contributed by atoms with Gasteiger partial charge >= 0.3 is 0 Å². The van der Waals surface area contributed by atoms with E-state index in [1.165, 1.54) is 11.1 Å². The molecule has 0 radical (unpaired) electrons. The van der Waals surface area contributed by atoms with Crippen LogP contribution >= 0.6 is 0 Å². The number of carbonyl (C=O) groups excluding carboxylic acids is 1. The van der Waals surface area contributed by atoms with E-state index in [0.29, 0.717) is 6.42 Å². The number of nitrogens with one attached hydrogen (secondary N) is 1. The Balaban J connectivity index is 1.49. The summed E-state index contributed by atoms with van der Waals surface area (Å²) in [5.41, 5.74) is 3.20. The molecule has 0 aliphatic carbocycles. The van der Waals surface area contributed by atoms with Gasteiger partial charge in [-0.15, -0.1) is 0 Å². The molecule has 25 heavy (non-hydrogen) atoms. The van der Waals surface area contributed by atoms with Crippen LogP contribution in [0.15, 0.2) is 29.0 Å². The van der Waals surface area contributed by atoms with Crippen LogP contribution < -0.4 is 5.32 Å². The topological polar surface area (TPSA) is 71.3 Å². The molecule has 0 saturated carbocycles. The van der Waals surface area contributed by atoms with Crippen LogP contribution in [0.2, 0.25) is 0 Å². The van der Waals surface area contributed by atoms with Crippen molar-refractivity contribution in [3.63, 3.8) is 0 Å². The molecule has 2 fully saturated rings. The molecule has 6 heteroatoms. The van der Waals surface area contributed by atoms with Gasteiger partial charge in [0.25, 0.3) is 0 Å². The molecular weight excluding hydrogens is 316 g/mol. The number of aryl methyl sites for hydroxylation is 2. The van der Waals surface area contributed by atoms with E-state index in [9.17, 15) is 4.79 Å². The third-order valence-corrected chi connectivity index (χ3v) is 5.84. The summed E-state index contributed by atoms with van der Waals surface area (Å²) in [4.78, 5) is 18.8. The minimum atomic E-state index is -0.130. The van der Waals surface area contributed by atoms with Gasteiger partial charge in [-0.2, -0.15) is 0 Å². The number of piperidine rings is 1. The second kappa shape index (κ2) is 6.26. The molecule has 1 N–H and O–H groups in total. The molecule has 1 atom stereocenters. The number of amides is 1. The van der Waals surface area contributed by atoms with Crippen molar-refractivity contribution in [2.45, 2.75) is 51.1 Å². The van der Waals surface area contributed by atoms with Crippen LogP contribution in [0.25, 0.3) is 0 Å². The second-order valence-corrected chi connectivity index (χ2v) is 7.33. The van der Waals surface area contributed by atoms with Gasteiger partial charge in [-0.05, 0) is 38.3 Å². The molecule has 2 aromatic rings. The van der Waals surface area contributed by atoms with Crippen molar-refractivity contribution in [3.05, 3.63) is 47.1 Å². The predicted octanol–water partition coefficient (Wildman–Crippen LogP) is 2.32. The van der Waals surface area contributed by atoms with Crippen LogP contribution in [0.4, 0.5) is 0 Å². The van der Waals surface area contributed by atoms with Crippen molar-refractivity contribution in [2.75, 3.05) is 13.1 Å².